The van der Waals surface area contributed by atoms with Gasteiger partial charge >= 0.3 is 0 Å². The number of aryl methyl sites for hydroxylation is 1. The molecule has 2 aliphatic rings. The number of hydrogen-bond acceptors (Lipinski definition) is 20. The Morgan fingerprint density at radius 2 is 0.643 bits per heavy atom. The van der Waals surface area contributed by atoms with E-state index in [4.69, 9.17) is 33.2 Å². The summed E-state index contributed by atoms with van der Waals surface area (Å²) in [5.74, 6) is -1.07. The number of carbonyl (C=O) groups excluding carboxylic acids is 8. The number of nitrogens with one attached hydrogen (secondary N) is 8. The fourth-order valence-corrected chi connectivity index (χ4v) is 18.6. The highest BCUT2D eigenvalue weighted by Crippen LogP contribution is 2.51. The first kappa shape index (κ1) is 117. The van der Waals surface area contributed by atoms with Crippen LogP contribution in [0.25, 0.3) is 0 Å². The van der Waals surface area contributed by atoms with Gasteiger partial charge in [-0.05, 0) is 239 Å². The van der Waals surface area contributed by atoms with Crippen LogP contribution in [0.4, 0.5) is 11.4 Å². The van der Waals surface area contributed by atoms with Crippen LogP contribution >= 0.6 is 0 Å². The molecule has 0 atom stereocenters. The molecule has 31 nitrogen and oxygen atoms in total. The summed E-state index contributed by atoms with van der Waals surface area (Å²) in [6.07, 6.45) is 18.3. The van der Waals surface area contributed by atoms with E-state index < -0.39 is 66.2 Å². The van der Waals surface area contributed by atoms with Gasteiger partial charge < -0.3 is 80.6 Å². The Morgan fingerprint density at radius 1 is 0.336 bits per heavy atom. The molecule has 6 aromatic carbocycles. The Labute approximate surface area is 848 Å². The number of amides is 8. The van der Waals surface area contributed by atoms with Crippen molar-refractivity contribution in [1.29, 1.82) is 0 Å². The highest BCUT2D eigenvalue weighted by Gasteiger charge is 2.49. The van der Waals surface area contributed by atoms with Gasteiger partial charge in [-0.1, -0.05) is 109 Å². The van der Waals surface area contributed by atoms with Crippen LogP contribution in [-0.4, -0.2) is 207 Å². The average Bonchev–Trinajstić information content (AvgIpc) is 1.57. The molecule has 6 aromatic rings. The normalized spacial score (nSPS) is 13.3. The molecule has 33 heteroatoms. The van der Waals surface area contributed by atoms with E-state index in [1.165, 1.54) is 0 Å². The van der Waals surface area contributed by atoms with E-state index in [2.05, 4.69) is 49.5 Å². The number of unbranched alkanes of at least 4 members (excludes halogenated alkanes) is 1. The van der Waals surface area contributed by atoms with Gasteiger partial charge in [-0.2, -0.15) is 21.4 Å². The topological polar surface area (TPSA) is 412 Å². The van der Waals surface area contributed by atoms with Gasteiger partial charge in [-0.25, -0.2) is 0 Å². The van der Waals surface area contributed by atoms with Crippen LogP contribution in [0.5, 0.6) is 40.2 Å². The molecule has 0 aromatic heterocycles. The zero-order valence-electron chi connectivity index (χ0n) is 87.4. The van der Waals surface area contributed by atoms with Gasteiger partial charge in [0.15, 0.2) is 5.71 Å². The van der Waals surface area contributed by atoms with Crippen molar-refractivity contribution in [3.05, 3.63) is 180 Å². The number of ether oxygens (including phenoxy) is 7. The van der Waals surface area contributed by atoms with E-state index >= 15 is 19.2 Å². The summed E-state index contributed by atoms with van der Waals surface area (Å²) < 4.78 is 118. The molecule has 8 amide bonds. The number of nitrogens with zero attached hydrogens (tertiary/aromatic N) is 2. The summed E-state index contributed by atoms with van der Waals surface area (Å²) in [6.45, 7) is 36.3. The van der Waals surface area contributed by atoms with Crippen LogP contribution in [0, 0.1) is 0 Å². The largest absolute Gasteiger partial charge is 0.493 e. The third-order valence-corrected chi connectivity index (χ3v) is 26.2. The molecule has 0 spiro atoms. The Morgan fingerprint density at radius 3 is 0.986 bits per heavy atom. The number of hydrogen-bond donors (Lipinski definition) is 10. The molecule has 0 saturated carbocycles. The smallest absolute Gasteiger partial charge is 0.265 e. The number of allylic oxidation sites excluding steroid dienone is 4. The van der Waals surface area contributed by atoms with E-state index in [0.717, 1.165) is 55.2 Å². The third kappa shape index (κ3) is 33.8. The molecule has 143 heavy (non-hydrogen) atoms. The lowest BCUT2D eigenvalue weighted by Crippen LogP contribution is -2.32. The van der Waals surface area contributed by atoms with Crippen molar-refractivity contribution in [2.45, 2.75) is 276 Å². The second-order valence-electron chi connectivity index (χ2n) is 37.4. The van der Waals surface area contributed by atoms with Gasteiger partial charge in [-0.3, -0.25) is 47.5 Å². The third-order valence-electron chi connectivity index (χ3n) is 24.6. The number of carbonyl (C=O) groups is 8. The highest BCUT2D eigenvalue weighted by molar-refractivity contribution is 7.86. The lowest BCUT2D eigenvalue weighted by atomic mass is 9.78. The van der Waals surface area contributed by atoms with Crippen molar-refractivity contribution in [2.75, 3.05) is 128 Å². The molecule has 0 bridgehead atoms. The minimum Gasteiger partial charge on any atom is -0.493 e. The Hall–Kier alpha value is -11.6. The molecule has 0 unspecified atom stereocenters. The number of fused-ring (bicyclic) bond motifs is 2. The fraction of sp³-hybridized carbons (Fsp3) is 0.555. The van der Waals surface area contributed by atoms with Crippen molar-refractivity contribution in [1.82, 2.24) is 42.5 Å². The van der Waals surface area contributed by atoms with Crippen LogP contribution < -0.4 is 80.6 Å². The summed E-state index contributed by atoms with van der Waals surface area (Å²) in [7, 11) is -9.15. The van der Waals surface area contributed by atoms with Crippen molar-refractivity contribution >= 4 is 84.6 Å². The standard InChI is InChI=1S/C110H158N10O21S2/c1-17-29-37-75-63-76(101(121)111-44-18-2)68-90(135-54-22-6)82(75)38-31-50-117-107(127)86-64-77(102(122)115-48-32-39-83-91(136-55-23-7)69-79(104(124)112-45-19-3)70-92(83)137-56-24-8)66-88-99(86)109(13,14)97(119(88)52-35-61-142(129,130)131)42-30-43-98-110(15,16)100-87(108(128)118-51-34-41-85-95(140-59-27-11)73-81(106(126)114-47-21-5)74-96(85)141-60-28-12)65-78(67-89(100)120(98)53-36-62-143(132,133)134)103(123)116-49-33-40-84-93(138-57-25-9)71-80(105(125)113-46-20-4)72-94(84)139-58-26-10/h30,42-43,63-74H,17-29,31-41,44-62H2,1-16H3,(H9-,111,112,113,114,115,116,117,118,121,122,123,124,125,126,127,128,129,130,131,132,133,134)/p+1. The first-order valence-corrected chi connectivity index (χ1v) is 55.2. The molecular formula is C110H159N10O21S2+. The number of anilines is 1. The van der Waals surface area contributed by atoms with Crippen LogP contribution in [-0.2, 0) is 63.2 Å². The van der Waals surface area contributed by atoms with E-state index in [-0.39, 0.29) is 98.0 Å². The van der Waals surface area contributed by atoms with Crippen molar-refractivity contribution < 1.29 is 102 Å². The zero-order chi connectivity index (χ0) is 104. The first-order valence-electron chi connectivity index (χ1n) is 52.0. The second kappa shape index (κ2) is 58.4. The molecule has 0 aliphatic carbocycles. The van der Waals surface area contributed by atoms with E-state index in [9.17, 15) is 45.1 Å². The summed E-state index contributed by atoms with van der Waals surface area (Å²) >= 11 is 0. The molecule has 0 radical (unpaired) electrons. The molecule has 0 fully saturated rings. The molecule has 2 aliphatic heterocycles. The van der Waals surface area contributed by atoms with Crippen molar-refractivity contribution in [3.8, 4) is 40.2 Å². The van der Waals surface area contributed by atoms with Crippen LogP contribution in [0.3, 0.4) is 0 Å². The van der Waals surface area contributed by atoms with Crippen LogP contribution in [0.15, 0.2) is 96.7 Å². The molecule has 8 rings (SSSR count). The Balaban J connectivity index is 1.27. The summed E-state index contributed by atoms with van der Waals surface area (Å²) in [5.41, 5.74) is 6.45. The molecule has 0 saturated heterocycles. The molecule has 2 heterocycles. The molecular weight excluding hydrogens is 1860 g/mol. The van der Waals surface area contributed by atoms with Crippen LogP contribution in [0.1, 0.15) is 355 Å². The predicted octanol–water partition coefficient (Wildman–Crippen LogP) is 17.7. The monoisotopic (exact) mass is 2020 g/mol. The number of benzene rings is 6. The highest BCUT2D eigenvalue weighted by atomic mass is 32.2. The summed E-state index contributed by atoms with van der Waals surface area (Å²) in [6, 6.07) is 20.5. The summed E-state index contributed by atoms with van der Waals surface area (Å²) in [5, 5.41) is 24.4. The zero-order valence-corrected chi connectivity index (χ0v) is 89.1. The average molecular weight is 2020 g/mol. The molecule has 10 N–H and O–H groups in total. The second-order valence-corrected chi connectivity index (χ2v) is 40.6. The van der Waals surface area contributed by atoms with Crippen molar-refractivity contribution in [3.63, 3.8) is 0 Å². The quantitative estimate of drug-likeness (QED) is 0.00963. The fourth-order valence-electron chi connectivity index (χ4n) is 17.6. The SMILES string of the molecule is CCCCc1cc(C(=O)NCCC)cc(OCCC)c1CCCNC(=O)c1cc(C(=O)NCCCc2c(OCCC)cc(C(=O)NCCC)cc2OCCC)cc2c1C(C)(C)/C(=C\C=C\C1=[N+](CCCS(=O)(=O)O)c3cc(C(=O)NCCCc4c(OCCC)cc(C(=O)NCCC)cc4OCCC)cc(C(=O)NCCCc4c(OCCC)cc(C(=O)NCCC)cc4OCCC)c3C1(C)C)N2CCCS(=O)(=O)O. The van der Waals surface area contributed by atoms with Gasteiger partial charge in [0.25, 0.3) is 67.5 Å². The van der Waals surface area contributed by atoms with E-state index in [1.807, 2.05) is 119 Å². The van der Waals surface area contributed by atoms with Gasteiger partial charge in [0.05, 0.1) is 74.3 Å². The molecule has 786 valence electrons. The van der Waals surface area contributed by atoms with Crippen LogP contribution in [0.2, 0.25) is 0 Å². The van der Waals surface area contributed by atoms with Crippen molar-refractivity contribution in [2.24, 2.45) is 0 Å². The number of rotatable bonds is 66. The minimum atomic E-state index is -4.58. The van der Waals surface area contributed by atoms with Gasteiger partial charge in [-0.15, -0.1) is 0 Å². The minimum absolute atomic E-state index is 0.0761. The Kier molecular flexibility index (Phi) is 47.7. The van der Waals surface area contributed by atoms with Gasteiger partial charge in [0.1, 0.15) is 46.8 Å². The maximum Gasteiger partial charge on any atom is 0.265 e. The lowest BCUT2D eigenvalue weighted by molar-refractivity contribution is -0.437. The van der Waals surface area contributed by atoms with Gasteiger partial charge in [0, 0.05) is 155 Å². The Bertz CT molecular complexity index is 5550. The first-order chi connectivity index (χ1) is 68.6. The van der Waals surface area contributed by atoms with E-state index in [1.54, 1.807) is 85.0 Å². The van der Waals surface area contributed by atoms with E-state index in [0.29, 0.717) is 283 Å². The predicted molar refractivity (Wildman–Crippen MR) is 563 cm³/mol. The maximum atomic E-state index is 15.7. The van der Waals surface area contributed by atoms with Gasteiger partial charge in [0.2, 0.25) is 5.69 Å². The maximum absolute atomic E-state index is 15.7. The lowest BCUT2D eigenvalue weighted by Gasteiger charge is -2.27. The summed E-state index contributed by atoms with van der Waals surface area (Å²) in [4.78, 5) is 118.